The van der Waals surface area contributed by atoms with Crippen molar-refractivity contribution in [1.29, 1.82) is 0 Å². The van der Waals surface area contributed by atoms with Gasteiger partial charge in [-0.1, -0.05) is 37.6 Å². The number of benzene rings is 2. The lowest BCUT2D eigenvalue weighted by Crippen LogP contribution is -2.52. The molecule has 0 fully saturated rings. The van der Waals surface area contributed by atoms with E-state index in [4.69, 9.17) is 4.74 Å². The van der Waals surface area contributed by atoms with Gasteiger partial charge in [-0.15, -0.1) is 0 Å². The minimum absolute atomic E-state index is 0.0539. The number of aromatic amines is 1. The summed E-state index contributed by atoms with van der Waals surface area (Å²) >= 11 is 0. The number of carbonyl (C=O) groups excluding carboxylic acids is 2. The predicted octanol–water partition coefficient (Wildman–Crippen LogP) is 7.20. The summed E-state index contributed by atoms with van der Waals surface area (Å²) in [6.07, 6.45) is 3.77. The van der Waals surface area contributed by atoms with Crippen molar-refractivity contribution < 1.29 is 14.3 Å². The highest BCUT2D eigenvalue weighted by molar-refractivity contribution is 5.98. The summed E-state index contributed by atoms with van der Waals surface area (Å²) in [7, 11) is 1.77. The summed E-state index contributed by atoms with van der Waals surface area (Å²) < 4.78 is 5.30. The third-order valence-corrected chi connectivity index (χ3v) is 7.34. The number of anilines is 1. The molecule has 0 bridgehead atoms. The number of aromatic nitrogens is 1. The lowest BCUT2D eigenvalue weighted by atomic mass is 9.88. The molecule has 2 atom stereocenters. The minimum atomic E-state index is -0.593. The van der Waals surface area contributed by atoms with E-state index in [1.54, 1.807) is 52.1 Å². The van der Waals surface area contributed by atoms with Gasteiger partial charge in [-0.05, 0) is 91.1 Å². The molecule has 2 amide bonds. The van der Waals surface area contributed by atoms with Crippen LogP contribution in [0.3, 0.4) is 0 Å². The second-order valence-corrected chi connectivity index (χ2v) is 12.3. The molecule has 1 heterocycles. The first kappa shape index (κ1) is 33.2. The molecule has 0 aliphatic carbocycles. The number of H-pyrrole nitrogens is 1. The molecule has 0 spiro atoms. The molecule has 9 nitrogen and oxygen atoms in total. The van der Waals surface area contributed by atoms with E-state index in [0.29, 0.717) is 23.6 Å². The Morgan fingerprint density at radius 1 is 1.00 bits per heavy atom. The number of para-hydroxylation sites is 1. The van der Waals surface area contributed by atoms with Crippen molar-refractivity contribution in [3.63, 3.8) is 0 Å². The van der Waals surface area contributed by atoms with Crippen molar-refractivity contribution >= 4 is 40.2 Å². The molecule has 3 aromatic rings. The first-order chi connectivity index (χ1) is 20.3. The second-order valence-electron chi connectivity index (χ2n) is 12.3. The molecule has 0 saturated carbocycles. The largest absolute Gasteiger partial charge is 0.444 e. The van der Waals surface area contributed by atoms with Crippen LogP contribution in [0.4, 0.5) is 10.5 Å². The number of rotatable bonds is 10. The minimum Gasteiger partial charge on any atom is -0.444 e. The van der Waals surface area contributed by atoms with E-state index in [1.165, 1.54) is 0 Å². The molecule has 2 unspecified atom stereocenters. The Hall–Kier alpha value is -4.27. The number of ether oxygens (including phenoxy) is 1. The van der Waals surface area contributed by atoms with Crippen LogP contribution in [0.15, 0.2) is 65.3 Å². The Bertz CT molecular complexity index is 1460. The van der Waals surface area contributed by atoms with E-state index < -0.39 is 17.2 Å². The fraction of sp³-hybridized carbons (Fsp3) is 0.441. The highest BCUT2D eigenvalue weighted by atomic mass is 16.6. The van der Waals surface area contributed by atoms with Crippen molar-refractivity contribution in [2.75, 3.05) is 12.4 Å². The van der Waals surface area contributed by atoms with Crippen LogP contribution in [0.25, 0.3) is 16.6 Å². The molecular formula is C34H48N6O3. The van der Waals surface area contributed by atoms with Gasteiger partial charge in [0, 0.05) is 58.2 Å². The number of aliphatic imine (C=N–C) groups is 1. The molecule has 232 valence electrons. The molecule has 5 N–H and O–H groups in total. The van der Waals surface area contributed by atoms with Crippen molar-refractivity contribution in [3.05, 3.63) is 71.4 Å². The number of guanidine groups is 1. The maximum absolute atomic E-state index is 13.3. The van der Waals surface area contributed by atoms with Gasteiger partial charge in [-0.2, -0.15) is 0 Å². The molecule has 0 aliphatic heterocycles. The quantitative estimate of drug-likeness (QED) is 0.127. The van der Waals surface area contributed by atoms with Crippen LogP contribution in [0.5, 0.6) is 0 Å². The van der Waals surface area contributed by atoms with Gasteiger partial charge in [-0.25, -0.2) is 4.79 Å². The van der Waals surface area contributed by atoms with Gasteiger partial charge in [0.05, 0.1) is 0 Å². The normalized spacial score (nSPS) is 13.9. The Morgan fingerprint density at radius 3 is 2.26 bits per heavy atom. The lowest BCUT2D eigenvalue weighted by Gasteiger charge is -2.34. The smallest absolute Gasteiger partial charge is 0.412 e. The molecule has 0 radical (unpaired) electrons. The summed E-state index contributed by atoms with van der Waals surface area (Å²) in [5.74, 6) is 0.503. The van der Waals surface area contributed by atoms with E-state index in [9.17, 15) is 9.59 Å². The standard InChI is InChI=1S/C34H48N6O3/c1-10-24(37-31(35-9)39-29(22(3)4)27-21-36-28-15-13-12-14-26(27)28)20-34(8,11-2)40-30(41)23-16-18-25(19-17-23)38-32(42)43-33(5,6)7/h12-19,21,24,36H,10-11,20H2,1-9H3,(H,38,42)(H,40,41)(H2,35,37,39). The highest BCUT2D eigenvalue weighted by Gasteiger charge is 2.29. The molecule has 1 aromatic heterocycles. The van der Waals surface area contributed by atoms with Gasteiger partial charge in [0.15, 0.2) is 5.96 Å². The van der Waals surface area contributed by atoms with Crippen molar-refractivity contribution in [1.82, 2.24) is 20.9 Å². The zero-order valence-corrected chi connectivity index (χ0v) is 27.1. The van der Waals surface area contributed by atoms with E-state index in [0.717, 1.165) is 40.6 Å². The molecule has 2 aromatic carbocycles. The van der Waals surface area contributed by atoms with Crippen LogP contribution in [-0.4, -0.2) is 47.2 Å². The van der Waals surface area contributed by atoms with Crippen LogP contribution in [0.1, 0.15) is 90.6 Å². The van der Waals surface area contributed by atoms with Crippen LogP contribution in [0, 0.1) is 0 Å². The highest BCUT2D eigenvalue weighted by Crippen LogP contribution is 2.26. The molecule has 0 saturated heterocycles. The number of nitrogens with one attached hydrogen (secondary N) is 5. The van der Waals surface area contributed by atoms with Gasteiger partial charge in [-0.3, -0.25) is 15.1 Å². The summed E-state index contributed by atoms with van der Waals surface area (Å²) in [4.78, 5) is 33.2. The summed E-state index contributed by atoms with van der Waals surface area (Å²) in [6.45, 7) is 15.9. The summed E-state index contributed by atoms with van der Waals surface area (Å²) in [6, 6.07) is 15.1. The SMILES string of the molecule is CCC(CC(C)(CC)NC(=O)c1ccc(NC(=O)OC(C)(C)C)cc1)NC(=NC)NC(=C(C)C)c1c[nH]c2ccccc12. The number of fused-ring (bicyclic) bond motifs is 1. The Labute approximate surface area is 256 Å². The third kappa shape index (κ3) is 9.36. The maximum atomic E-state index is 13.3. The lowest BCUT2D eigenvalue weighted by molar-refractivity contribution is 0.0635. The second kappa shape index (κ2) is 14.3. The van der Waals surface area contributed by atoms with Crippen molar-refractivity contribution in [2.24, 2.45) is 4.99 Å². The number of amides is 2. The van der Waals surface area contributed by atoms with E-state index in [2.05, 4.69) is 78.0 Å². The van der Waals surface area contributed by atoms with Crippen LogP contribution in [0.2, 0.25) is 0 Å². The molecule has 0 aliphatic rings. The van der Waals surface area contributed by atoms with Gasteiger partial charge >= 0.3 is 6.09 Å². The summed E-state index contributed by atoms with van der Waals surface area (Å²) in [5.41, 5.74) is 4.31. The van der Waals surface area contributed by atoms with Gasteiger partial charge in [0.2, 0.25) is 0 Å². The monoisotopic (exact) mass is 588 g/mol. The maximum Gasteiger partial charge on any atom is 0.412 e. The van der Waals surface area contributed by atoms with Crippen LogP contribution in [-0.2, 0) is 4.74 Å². The Morgan fingerprint density at radius 2 is 1.67 bits per heavy atom. The molecule has 3 rings (SSSR count). The van der Waals surface area contributed by atoms with Gasteiger partial charge < -0.3 is 25.7 Å². The number of allylic oxidation sites excluding steroid dienone is 1. The number of nitrogens with zero attached hydrogens (tertiary/aromatic N) is 1. The topological polar surface area (TPSA) is 120 Å². The Kier molecular flexibility index (Phi) is 11.0. The molecular weight excluding hydrogens is 540 g/mol. The first-order valence-corrected chi connectivity index (χ1v) is 14.9. The van der Waals surface area contributed by atoms with Crippen molar-refractivity contribution in [3.8, 4) is 0 Å². The zero-order chi connectivity index (χ0) is 31.8. The summed E-state index contributed by atoms with van der Waals surface area (Å²) in [5, 5.41) is 14.2. The first-order valence-electron chi connectivity index (χ1n) is 14.9. The average Bonchev–Trinajstić information content (AvgIpc) is 3.37. The molecule has 9 heteroatoms. The fourth-order valence-corrected chi connectivity index (χ4v) is 4.81. The number of carbonyl (C=O) groups is 2. The number of hydrogen-bond acceptors (Lipinski definition) is 4. The van der Waals surface area contributed by atoms with Crippen LogP contribution < -0.4 is 21.3 Å². The predicted molar refractivity (Wildman–Crippen MR) is 177 cm³/mol. The van der Waals surface area contributed by atoms with E-state index >= 15 is 0 Å². The average molecular weight is 589 g/mol. The van der Waals surface area contributed by atoms with Gasteiger partial charge in [0.1, 0.15) is 5.60 Å². The van der Waals surface area contributed by atoms with Crippen LogP contribution >= 0.6 is 0 Å². The van der Waals surface area contributed by atoms with Gasteiger partial charge in [0.25, 0.3) is 5.91 Å². The van der Waals surface area contributed by atoms with E-state index in [-0.39, 0.29) is 11.9 Å². The van der Waals surface area contributed by atoms with E-state index in [1.807, 2.05) is 18.3 Å². The molecule has 43 heavy (non-hydrogen) atoms. The number of hydrogen-bond donors (Lipinski definition) is 5. The van der Waals surface area contributed by atoms with Crippen molar-refractivity contribution in [2.45, 2.75) is 91.8 Å². The Balaban J connectivity index is 1.67. The zero-order valence-electron chi connectivity index (χ0n) is 27.1. The fourth-order valence-electron chi connectivity index (χ4n) is 4.81. The third-order valence-electron chi connectivity index (χ3n) is 7.34.